The molecule has 0 aromatic heterocycles. The highest BCUT2D eigenvalue weighted by Crippen LogP contribution is 2.72. The number of esters is 5. The number of carbonyl (C=O) groups excluding carboxylic acids is 5. The molecule has 1 spiro atoms. The van der Waals surface area contributed by atoms with Gasteiger partial charge in [-0.15, -0.1) is 0 Å². The maximum absolute atomic E-state index is 14.4. The number of hydrogen-bond acceptors (Lipinski definition) is 11. The number of rotatable bonds is 7. The summed E-state index contributed by atoms with van der Waals surface area (Å²) in [5, 5.41) is 0. The molecule has 4 saturated carbocycles. The Labute approximate surface area is 265 Å². The Bertz CT molecular complexity index is 1240. The van der Waals surface area contributed by atoms with Gasteiger partial charge < -0.3 is 28.4 Å². The van der Waals surface area contributed by atoms with Gasteiger partial charge in [0.1, 0.15) is 12.7 Å². The van der Waals surface area contributed by atoms with Crippen LogP contribution >= 0.6 is 0 Å². The van der Waals surface area contributed by atoms with Gasteiger partial charge in [-0.05, 0) is 86.9 Å². The molecule has 2 bridgehead atoms. The zero-order valence-corrected chi connectivity index (χ0v) is 27.4. The fourth-order valence-corrected chi connectivity index (χ4v) is 10.1. The van der Waals surface area contributed by atoms with Crippen LogP contribution in [0.3, 0.4) is 0 Å². The predicted molar refractivity (Wildman–Crippen MR) is 158 cm³/mol. The van der Waals surface area contributed by atoms with Crippen LogP contribution in [0.4, 0.5) is 0 Å². The molecule has 11 nitrogen and oxygen atoms in total. The molecule has 0 aromatic rings. The van der Waals surface area contributed by atoms with Crippen LogP contribution in [0.25, 0.3) is 0 Å². The molecule has 0 aromatic carbocycles. The summed E-state index contributed by atoms with van der Waals surface area (Å²) in [5.74, 6) is -2.15. The zero-order valence-electron chi connectivity index (χ0n) is 27.4. The predicted octanol–water partition coefficient (Wildman–Crippen LogP) is 4.58. The van der Waals surface area contributed by atoms with Crippen LogP contribution in [0.2, 0.25) is 0 Å². The van der Waals surface area contributed by atoms with Crippen molar-refractivity contribution in [1.82, 2.24) is 0 Å². The topological polar surface area (TPSA) is 141 Å². The van der Waals surface area contributed by atoms with Gasteiger partial charge in [0.15, 0.2) is 12.2 Å². The third-order valence-electron chi connectivity index (χ3n) is 11.7. The van der Waals surface area contributed by atoms with E-state index >= 15 is 0 Å². The zero-order chi connectivity index (χ0) is 32.9. The number of carbonyl (C=O) groups is 5. The molecule has 0 N–H and O–H groups in total. The minimum atomic E-state index is -1.52. The molecular weight excluding hydrogens is 584 g/mol. The molecule has 1 aliphatic heterocycles. The largest absolute Gasteiger partial charge is 0.463 e. The fraction of sp³-hybridized carbons (Fsp3) is 0.794. The second-order valence-electron chi connectivity index (χ2n) is 14.6. The standard InChI is InChI=1S/C34H48O11/c1-18-15-34-14-11-25-32(6,26(34)10-9-23(18)16-34)12-8-13-33(25,7)31(39)45-30-29(43-22(5)38)28(42-21(4)37)27(41-20(3)36)24(44-30)17-40-19(2)35/h23-30H,1,8-17H2,2-7H3/t23-,24-,25+,26+,27-,28+,29-,30+,32-,33-,34-/m1/s1. The van der Waals surface area contributed by atoms with Crippen molar-refractivity contribution in [2.24, 2.45) is 34.0 Å². The summed E-state index contributed by atoms with van der Waals surface area (Å²) in [5.41, 5.74) is 0.746. The SMILES string of the molecule is C=C1C[C@@]23CC[C@H]4[C@@](C)(CCC[C@@]4(C)C(=O)O[C@@H]4O[C@H](COC(C)=O)[C@@H](OC(C)=O)[C@H](OC(C)=O)[C@H]4OC(C)=O)[C@@H]2CC[C@@H]1C3. The van der Waals surface area contributed by atoms with Gasteiger partial charge in [-0.3, -0.25) is 24.0 Å². The summed E-state index contributed by atoms with van der Waals surface area (Å²) in [7, 11) is 0. The van der Waals surface area contributed by atoms with E-state index in [1.165, 1.54) is 18.9 Å². The molecule has 1 heterocycles. The first-order valence-corrected chi connectivity index (χ1v) is 16.3. The maximum atomic E-state index is 14.4. The summed E-state index contributed by atoms with van der Waals surface area (Å²) in [6.07, 6.45) is 2.21. The van der Waals surface area contributed by atoms with Gasteiger partial charge in [0.25, 0.3) is 0 Å². The lowest BCUT2D eigenvalue weighted by Gasteiger charge is -2.63. The van der Waals surface area contributed by atoms with E-state index in [0.29, 0.717) is 18.3 Å². The van der Waals surface area contributed by atoms with Crippen LogP contribution in [-0.2, 0) is 52.4 Å². The van der Waals surface area contributed by atoms with Crippen molar-refractivity contribution in [1.29, 1.82) is 0 Å². The summed E-state index contributed by atoms with van der Waals surface area (Å²) >= 11 is 0. The summed E-state index contributed by atoms with van der Waals surface area (Å²) in [6.45, 7) is 13.0. The number of hydrogen-bond donors (Lipinski definition) is 0. The normalized spacial score (nSPS) is 42.0. The Morgan fingerprint density at radius 3 is 2.07 bits per heavy atom. The number of fused-ring (bicyclic) bond motifs is 3. The van der Waals surface area contributed by atoms with E-state index in [4.69, 9.17) is 28.4 Å². The molecule has 11 heteroatoms. The van der Waals surface area contributed by atoms with Crippen molar-refractivity contribution in [2.75, 3.05) is 6.61 Å². The first-order chi connectivity index (χ1) is 21.1. The molecule has 11 atom stereocenters. The van der Waals surface area contributed by atoms with Gasteiger partial charge in [-0.25, -0.2) is 0 Å². The van der Waals surface area contributed by atoms with Crippen molar-refractivity contribution in [2.45, 2.75) is 130 Å². The van der Waals surface area contributed by atoms with E-state index in [9.17, 15) is 24.0 Å². The number of ether oxygens (including phenoxy) is 6. The van der Waals surface area contributed by atoms with Gasteiger partial charge in [-0.1, -0.05) is 25.5 Å². The smallest absolute Gasteiger partial charge is 0.314 e. The maximum Gasteiger partial charge on any atom is 0.314 e. The molecule has 45 heavy (non-hydrogen) atoms. The lowest BCUT2D eigenvalue weighted by Crippen LogP contribution is -2.64. The van der Waals surface area contributed by atoms with E-state index in [1.54, 1.807) is 0 Å². The fourth-order valence-electron chi connectivity index (χ4n) is 10.1. The highest BCUT2D eigenvalue weighted by atomic mass is 16.7. The summed E-state index contributed by atoms with van der Waals surface area (Å²) in [4.78, 5) is 62.7. The Morgan fingerprint density at radius 1 is 0.778 bits per heavy atom. The van der Waals surface area contributed by atoms with E-state index in [1.807, 2.05) is 6.92 Å². The molecule has 1 saturated heterocycles. The lowest BCUT2D eigenvalue weighted by atomic mass is 9.41. The van der Waals surface area contributed by atoms with Crippen molar-refractivity contribution in [3.8, 4) is 0 Å². The minimum Gasteiger partial charge on any atom is -0.463 e. The van der Waals surface area contributed by atoms with Crippen molar-refractivity contribution in [3.05, 3.63) is 12.2 Å². The molecule has 250 valence electrons. The van der Waals surface area contributed by atoms with E-state index in [0.717, 1.165) is 65.7 Å². The van der Waals surface area contributed by atoms with E-state index in [-0.39, 0.29) is 23.4 Å². The van der Waals surface area contributed by atoms with Crippen LogP contribution in [0.15, 0.2) is 12.2 Å². The monoisotopic (exact) mass is 632 g/mol. The van der Waals surface area contributed by atoms with Crippen LogP contribution in [0.1, 0.15) is 99.3 Å². The van der Waals surface area contributed by atoms with Gasteiger partial charge in [0, 0.05) is 27.7 Å². The van der Waals surface area contributed by atoms with Gasteiger partial charge in [0.05, 0.1) is 5.41 Å². The molecular formula is C34H48O11. The quantitative estimate of drug-likeness (QED) is 0.221. The first kappa shape index (κ1) is 33.4. The highest BCUT2D eigenvalue weighted by Gasteiger charge is 2.66. The van der Waals surface area contributed by atoms with Crippen molar-refractivity contribution >= 4 is 29.8 Å². The first-order valence-electron chi connectivity index (χ1n) is 16.3. The Morgan fingerprint density at radius 2 is 1.42 bits per heavy atom. The van der Waals surface area contributed by atoms with Gasteiger partial charge in [-0.2, -0.15) is 0 Å². The third-order valence-corrected chi connectivity index (χ3v) is 11.7. The van der Waals surface area contributed by atoms with Crippen LogP contribution in [0, 0.1) is 34.0 Å². The second-order valence-corrected chi connectivity index (χ2v) is 14.6. The highest BCUT2D eigenvalue weighted by molar-refractivity contribution is 5.77. The van der Waals surface area contributed by atoms with Gasteiger partial charge in [0.2, 0.25) is 12.4 Å². The summed E-state index contributed by atoms with van der Waals surface area (Å²) in [6, 6.07) is 0. The van der Waals surface area contributed by atoms with Crippen LogP contribution in [-0.4, -0.2) is 67.2 Å². The Hall–Kier alpha value is -2.95. The van der Waals surface area contributed by atoms with Crippen LogP contribution in [0.5, 0.6) is 0 Å². The van der Waals surface area contributed by atoms with Gasteiger partial charge >= 0.3 is 29.8 Å². The third kappa shape index (κ3) is 6.13. The summed E-state index contributed by atoms with van der Waals surface area (Å²) < 4.78 is 33.9. The number of allylic oxidation sites excluding steroid dienone is 1. The molecule has 0 amide bonds. The van der Waals surface area contributed by atoms with E-state index in [2.05, 4.69) is 13.5 Å². The van der Waals surface area contributed by atoms with Crippen LogP contribution < -0.4 is 0 Å². The molecule has 4 aliphatic carbocycles. The molecule has 5 fully saturated rings. The Balaban J connectivity index is 1.44. The second kappa shape index (κ2) is 12.3. The molecule has 5 rings (SSSR count). The lowest BCUT2D eigenvalue weighted by molar-refractivity contribution is -0.305. The van der Waals surface area contributed by atoms with Crippen molar-refractivity contribution < 1.29 is 52.4 Å². The average molecular weight is 633 g/mol. The minimum absolute atomic E-state index is 0.0544. The average Bonchev–Trinajstić information content (AvgIpc) is 3.16. The van der Waals surface area contributed by atoms with E-state index < -0.39 is 66.0 Å². The molecule has 5 aliphatic rings. The van der Waals surface area contributed by atoms with Crippen molar-refractivity contribution in [3.63, 3.8) is 0 Å². The molecule has 0 radical (unpaired) electrons. The Kier molecular flexibility index (Phi) is 9.16. The molecule has 0 unspecified atom stereocenters.